The molecule has 0 spiro atoms. The van der Waals surface area contributed by atoms with Gasteiger partial charge in [0.1, 0.15) is 0 Å². The second-order valence-electron chi connectivity index (χ2n) is 5.63. The molecule has 0 aromatic heterocycles. The van der Waals surface area contributed by atoms with E-state index in [9.17, 15) is 8.42 Å². The molecule has 2 fully saturated rings. The fourth-order valence-corrected chi connectivity index (χ4v) is 4.67. The first kappa shape index (κ1) is 17.2. The molecule has 2 aliphatic heterocycles. The third-order valence-corrected chi connectivity index (χ3v) is 6.04. The minimum atomic E-state index is -3.14. The summed E-state index contributed by atoms with van der Waals surface area (Å²) < 4.78 is 31.6. The Kier molecular flexibility index (Phi) is 6.53. The predicted molar refractivity (Wildman–Crippen MR) is 77.9 cm³/mol. The number of nitrogens with two attached hydrogens (primary N) is 1. The molecule has 2 heterocycles. The molecule has 0 aromatic rings. The molecule has 0 aromatic carbocycles. The zero-order valence-corrected chi connectivity index (χ0v) is 13.1. The minimum Gasteiger partial charge on any atom is -0.381 e. The normalized spacial score (nSPS) is 30.8. The second-order valence-corrected chi connectivity index (χ2v) is 7.64. The lowest BCUT2D eigenvalue weighted by Crippen LogP contribution is -2.46. The molecule has 0 bridgehead atoms. The lowest BCUT2D eigenvalue weighted by molar-refractivity contribution is 0.188. The predicted octanol–water partition coefficient (Wildman–Crippen LogP) is 0.834. The number of ether oxygens (including phenoxy) is 1. The average molecular weight is 313 g/mol. The van der Waals surface area contributed by atoms with E-state index in [1.54, 1.807) is 4.31 Å². The van der Waals surface area contributed by atoms with Crippen molar-refractivity contribution in [2.75, 3.05) is 32.1 Å². The minimum absolute atomic E-state index is 0. The number of hydrogen-bond acceptors (Lipinski definition) is 4. The van der Waals surface area contributed by atoms with Gasteiger partial charge in [0.25, 0.3) is 0 Å². The Morgan fingerprint density at radius 1 is 1.42 bits per heavy atom. The highest BCUT2D eigenvalue weighted by Crippen LogP contribution is 2.24. The summed E-state index contributed by atoms with van der Waals surface area (Å²) in [6.07, 6.45) is 2.83. The molecule has 2 rings (SSSR count). The van der Waals surface area contributed by atoms with Gasteiger partial charge in [0.15, 0.2) is 0 Å². The van der Waals surface area contributed by atoms with Gasteiger partial charge in [-0.15, -0.1) is 12.4 Å². The van der Waals surface area contributed by atoms with Gasteiger partial charge in [-0.2, -0.15) is 0 Å². The van der Waals surface area contributed by atoms with E-state index in [2.05, 4.69) is 0 Å². The zero-order chi connectivity index (χ0) is 13.2. The standard InChI is InChI=1S/C12H24N2O3S.ClH/c1-10(13)12-3-2-5-14(7-12)18(15,16)9-11-4-6-17-8-11;/h10-12H,2-9,13H2,1H3;1H. The fourth-order valence-electron chi connectivity index (χ4n) is 2.77. The smallest absolute Gasteiger partial charge is 0.214 e. The molecule has 0 amide bonds. The van der Waals surface area contributed by atoms with Crippen molar-refractivity contribution in [2.24, 2.45) is 17.6 Å². The maximum absolute atomic E-state index is 12.3. The van der Waals surface area contributed by atoms with Crippen molar-refractivity contribution in [3.05, 3.63) is 0 Å². The van der Waals surface area contributed by atoms with Crippen molar-refractivity contribution in [3.63, 3.8) is 0 Å². The highest BCUT2D eigenvalue weighted by atomic mass is 35.5. The van der Waals surface area contributed by atoms with Gasteiger partial charge in [-0.25, -0.2) is 12.7 Å². The summed E-state index contributed by atoms with van der Waals surface area (Å²) in [5.41, 5.74) is 5.89. The number of piperidine rings is 1. The summed E-state index contributed by atoms with van der Waals surface area (Å²) >= 11 is 0. The van der Waals surface area contributed by atoms with Crippen LogP contribution in [-0.2, 0) is 14.8 Å². The third kappa shape index (κ3) is 4.56. The zero-order valence-electron chi connectivity index (χ0n) is 11.5. The second kappa shape index (κ2) is 7.22. The van der Waals surface area contributed by atoms with Crippen LogP contribution >= 0.6 is 12.4 Å². The van der Waals surface area contributed by atoms with Crippen LogP contribution in [0.4, 0.5) is 0 Å². The molecule has 0 aliphatic carbocycles. The Morgan fingerprint density at radius 2 is 2.16 bits per heavy atom. The Bertz CT molecular complexity index is 369. The van der Waals surface area contributed by atoms with Crippen molar-refractivity contribution >= 4 is 22.4 Å². The molecule has 0 radical (unpaired) electrons. The van der Waals surface area contributed by atoms with Gasteiger partial charge in [-0.1, -0.05) is 0 Å². The fraction of sp³-hybridized carbons (Fsp3) is 1.00. The third-order valence-electron chi connectivity index (χ3n) is 4.03. The van der Waals surface area contributed by atoms with Crippen LogP contribution in [0.1, 0.15) is 26.2 Å². The molecule has 114 valence electrons. The number of halogens is 1. The van der Waals surface area contributed by atoms with Gasteiger partial charge in [0.05, 0.1) is 12.4 Å². The topological polar surface area (TPSA) is 72.6 Å². The lowest BCUT2D eigenvalue weighted by Gasteiger charge is -2.34. The Labute approximate surface area is 122 Å². The van der Waals surface area contributed by atoms with Gasteiger partial charge in [-0.3, -0.25) is 0 Å². The molecule has 3 unspecified atom stereocenters. The Balaban J connectivity index is 0.00000180. The van der Waals surface area contributed by atoms with E-state index in [0.29, 0.717) is 32.2 Å². The van der Waals surface area contributed by atoms with E-state index in [0.717, 1.165) is 19.3 Å². The summed E-state index contributed by atoms with van der Waals surface area (Å²) in [4.78, 5) is 0. The van der Waals surface area contributed by atoms with Crippen LogP contribution < -0.4 is 5.73 Å². The monoisotopic (exact) mass is 312 g/mol. The Hall–Kier alpha value is 0.120. The van der Waals surface area contributed by atoms with Gasteiger partial charge in [-0.05, 0) is 38.0 Å². The molecule has 3 atom stereocenters. The van der Waals surface area contributed by atoms with Gasteiger partial charge in [0.2, 0.25) is 10.0 Å². The van der Waals surface area contributed by atoms with Crippen molar-refractivity contribution in [1.29, 1.82) is 0 Å². The van der Waals surface area contributed by atoms with E-state index < -0.39 is 10.0 Å². The van der Waals surface area contributed by atoms with Crippen LogP contribution in [-0.4, -0.2) is 50.8 Å². The summed E-state index contributed by atoms with van der Waals surface area (Å²) in [6, 6.07) is 0.0674. The van der Waals surface area contributed by atoms with Crippen LogP contribution in [0.25, 0.3) is 0 Å². The summed E-state index contributed by atoms with van der Waals surface area (Å²) in [5.74, 6) is 0.706. The molecular weight excluding hydrogens is 288 g/mol. The summed E-state index contributed by atoms with van der Waals surface area (Å²) in [7, 11) is -3.14. The van der Waals surface area contributed by atoms with Crippen LogP contribution in [0.15, 0.2) is 0 Å². The first-order valence-electron chi connectivity index (χ1n) is 6.80. The van der Waals surface area contributed by atoms with Gasteiger partial charge in [0, 0.05) is 25.7 Å². The number of rotatable bonds is 4. The van der Waals surface area contributed by atoms with Crippen LogP contribution in [0, 0.1) is 11.8 Å². The Morgan fingerprint density at radius 3 is 2.74 bits per heavy atom. The maximum Gasteiger partial charge on any atom is 0.214 e. The van der Waals surface area contributed by atoms with Crippen molar-refractivity contribution < 1.29 is 13.2 Å². The molecule has 19 heavy (non-hydrogen) atoms. The van der Waals surface area contributed by atoms with Crippen molar-refractivity contribution in [3.8, 4) is 0 Å². The molecule has 2 aliphatic rings. The van der Waals surface area contributed by atoms with Gasteiger partial charge >= 0.3 is 0 Å². The van der Waals surface area contributed by atoms with Crippen molar-refractivity contribution in [2.45, 2.75) is 32.2 Å². The molecule has 2 N–H and O–H groups in total. The molecule has 7 heteroatoms. The number of hydrogen-bond donors (Lipinski definition) is 1. The summed E-state index contributed by atoms with van der Waals surface area (Å²) in [6.45, 7) is 4.49. The van der Waals surface area contributed by atoms with E-state index in [4.69, 9.17) is 10.5 Å². The van der Waals surface area contributed by atoms with E-state index in [-0.39, 0.29) is 30.1 Å². The van der Waals surface area contributed by atoms with Crippen LogP contribution in [0.5, 0.6) is 0 Å². The van der Waals surface area contributed by atoms with Crippen LogP contribution in [0.2, 0.25) is 0 Å². The number of nitrogens with zero attached hydrogens (tertiary/aromatic N) is 1. The SMILES string of the molecule is CC(N)C1CCCN(S(=O)(=O)CC2CCOC2)C1.Cl. The molecule has 5 nitrogen and oxygen atoms in total. The summed E-state index contributed by atoms with van der Waals surface area (Å²) in [5, 5.41) is 0. The number of sulfonamides is 1. The highest BCUT2D eigenvalue weighted by Gasteiger charge is 2.32. The molecule has 0 saturated carbocycles. The lowest BCUT2D eigenvalue weighted by atomic mass is 9.93. The van der Waals surface area contributed by atoms with E-state index in [1.165, 1.54) is 0 Å². The highest BCUT2D eigenvalue weighted by molar-refractivity contribution is 7.89. The average Bonchev–Trinajstić information content (AvgIpc) is 2.81. The van der Waals surface area contributed by atoms with Crippen LogP contribution in [0.3, 0.4) is 0 Å². The molecular formula is C12H25ClN2O3S. The van der Waals surface area contributed by atoms with Gasteiger partial charge < -0.3 is 10.5 Å². The maximum atomic E-state index is 12.3. The van der Waals surface area contributed by atoms with E-state index >= 15 is 0 Å². The van der Waals surface area contributed by atoms with Crippen molar-refractivity contribution in [1.82, 2.24) is 4.31 Å². The first-order chi connectivity index (χ1) is 8.49. The first-order valence-corrected chi connectivity index (χ1v) is 8.41. The quantitative estimate of drug-likeness (QED) is 0.834. The largest absolute Gasteiger partial charge is 0.381 e. The molecule has 2 saturated heterocycles. The van der Waals surface area contributed by atoms with E-state index in [1.807, 2.05) is 6.92 Å².